The summed E-state index contributed by atoms with van der Waals surface area (Å²) in [7, 11) is -1.33. The summed E-state index contributed by atoms with van der Waals surface area (Å²) in [4.78, 5) is 33.6. The van der Waals surface area contributed by atoms with Gasteiger partial charge in [-0.05, 0) is 24.3 Å². The maximum absolute atomic E-state index is 12.6. The molecule has 0 bridgehead atoms. The second-order valence-electron chi connectivity index (χ2n) is 6.50. The molecule has 0 radical (unpaired) electrons. The molecule has 0 aliphatic carbocycles. The number of aliphatic hydroxyl groups excluding tert-OH is 1. The van der Waals surface area contributed by atoms with Crippen molar-refractivity contribution in [2.24, 2.45) is 0 Å². The van der Waals surface area contributed by atoms with Gasteiger partial charge in [-0.25, -0.2) is 27.9 Å². The Kier molecular flexibility index (Phi) is 6.90. The van der Waals surface area contributed by atoms with E-state index in [9.17, 15) is 18.0 Å². The van der Waals surface area contributed by atoms with E-state index in [1.54, 1.807) is 0 Å². The number of hydrogen-bond donors (Lipinski definition) is 3. The number of ether oxygens (including phenoxy) is 2. The van der Waals surface area contributed by atoms with Crippen LogP contribution >= 0.6 is 0 Å². The lowest BCUT2D eigenvalue weighted by Crippen LogP contribution is -2.31. The number of aromatic nitrogens is 2. The van der Waals surface area contributed by atoms with Gasteiger partial charge in [0.1, 0.15) is 5.70 Å². The largest absolute Gasteiger partial charge is 0.494 e. The quantitative estimate of drug-likeness (QED) is 0.431. The van der Waals surface area contributed by atoms with E-state index in [4.69, 9.17) is 14.6 Å². The van der Waals surface area contributed by atoms with Crippen LogP contribution in [0, 0.1) is 0 Å². The summed E-state index contributed by atoms with van der Waals surface area (Å²) in [6.45, 7) is -0.210. The van der Waals surface area contributed by atoms with Crippen LogP contribution in [0.15, 0.2) is 52.8 Å². The zero-order valence-corrected chi connectivity index (χ0v) is 18.0. The van der Waals surface area contributed by atoms with Crippen LogP contribution in [0.4, 0.5) is 11.6 Å². The SMILES string of the molecule is COC(=O)C1=C(Nc2ccc(S(=O)(=O)Nc3ncc(OC)cn3)cc2)C(=O)N(CCO)C1. The highest BCUT2D eigenvalue weighted by Crippen LogP contribution is 2.24. The summed E-state index contributed by atoms with van der Waals surface area (Å²) < 4.78 is 37.0. The standard InChI is InChI=1S/C19H21N5O7S/c1-30-13-9-20-19(21-10-13)23-32(28,29)14-5-3-12(4-6-14)22-16-15(18(27)31-2)11-24(7-8-25)17(16)26/h3-6,9-10,22,25H,7-8,11H2,1-2H3,(H,20,21,23). The van der Waals surface area contributed by atoms with Gasteiger partial charge in [0, 0.05) is 12.2 Å². The molecule has 3 N–H and O–H groups in total. The number of carbonyl (C=O) groups is 2. The van der Waals surface area contributed by atoms with Crippen LogP contribution in [0.2, 0.25) is 0 Å². The van der Waals surface area contributed by atoms with E-state index in [2.05, 4.69) is 20.0 Å². The van der Waals surface area contributed by atoms with Crippen molar-refractivity contribution in [3.05, 3.63) is 47.9 Å². The molecule has 2 heterocycles. The summed E-state index contributed by atoms with van der Waals surface area (Å²) in [5.74, 6) is -0.900. The number of sulfonamides is 1. The maximum atomic E-state index is 12.6. The smallest absolute Gasteiger partial charge is 0.337 e. The fraction of sp³-hybridized carbons (Fsp3) is 0.263. The maximum Gasteiger partial charge on any atom is 0.337 e. The van der Waals surface area contributed by atoms with Crippen molar-refractivity contribution in [2.75, 3.05) is 44.0 Å². The summed E-state index contributed by atoms with van der Waals surface area (Å²) in [6, 6.07) is 5.51. The molecule has 1 aliphatic rings. The van der Waals surface area contributed by atoms with Gasteiger partial charge < -0.3 is 24.8 Å². The first-order valence-electron chi connectivity index (χ1n) is 9.26. The van der Waals surface area contributed by atoms with Crippen molar-refractivity contribution in [3.63, 3.8) is 0 Å². The molecular weight excluding hydrogens is 442 g/mol. The molecule has 32 heavy (non-hydrogen) atoms. The molecule has 12 nitrogen and oxygen atoms in total. The third-order valence-electron chi connectivity index (χ3n) is 4.48. The monoisotopic (exact) mass is 463 g/mol. The zero-order chi connectivity index (χ0) is 23.3. The topological polar surface area (TPSA) is 160 Å². The predicted octanol–water partition coefficient (Wildman–Crippen LogP) is -0.0405. The van der Waals surface area contributed by atoms with E-state index in [1.807, 2.05) is 0 Å². The van der Waals surface area contributed by atoms with Gasteiger partial charge in [0.2, 0.25) is 5.95 Å². The van der Waals surface area contributed by atoms with Crippen molar-refractivity contribution in [1.29, 1.82) is 0 Å². The number of rotatable bonds is 9. The first-order valence-corrected chi connectivity index (χ1v) is 10.7. The van der Waals surface area contributed by atoms with E-state index >= 15 is 0 Å². The minimum Gasteiger partial charge on any atom is -0.494 e. The van der Waals surface area contributed by atoms with Gasteiger partial charge >= 0.3 is 5.97 Å². The molecule has 0 unspecified atom stereocenters. The van der Waals surface area contributed by atoms with Crippen molar-refractivity contribution in [1.82, 2.24) is 14.9 Å². The number of methoxy groups -OCH3 is 2. The Hall–Kier alpha value is -3.71. The first-order chi connectivity index (χ1) is 15.3. The van der Waals surface area contributed by atoms with Crippen LogP contribution in [0.5, 0.6) is 5.75 Å². The number of nitrogens with one attached hydrogen (secondary N) is 2. The van der Waals surface area contributed by atoms with Gasteiger partial charge in [-0.15, -0.1) is 0 Å². The van der Waals surface area contributed by atoms with Crippen molar-refractivity contribution >= 4 is 33.5 Å². The Labute approximate surface area is 183 Å². The number of carbonyl (C=O) groups excluding carboxylic acids is 2. The number of anilines is 2. The third-order valence-corrected chi connectivity index (χ3v) is 5.82. The molecule has 1 aliphatic heterocycles. The van der Waals surface area contributed by atoms with Crippen molar-refractivity contribution in [2.45, 2.75) is 4.90 Å². The lowest BCUT2D eigenvalue weighted by Gasteiger charge is -2.15. The number of nitrogens with zero attached hydrogens (tertiary/aromatic N) is 3. The summed E-state index contributed by atoms with van der Waals surface area (Å²) in [5.41, 5.74) is 0.492. The summed E-state index contributed by atoms with van der Waals surface area (Å²) >= 11 is 0. The minimum absolute atomic E-state index is 0.00525. The van der Waals surface area contributed by atoms with Gasteiger partial charge in [0.05, 0.1) is 50.2 Å². The highest BCUT2D eigenvalue weighted by atomic mass is 32.2. The van der Waals surface area contributed by atoms with Crippen LogP contribution in [0.3, 0.4) is 0 Å². The fourth-order valence-electron chi connectivity index (χ4n) is 2.86. The Balaban J connectivity index is 1.78. The Morgan fingerprint density at radius 2 is 1.84 bits per heavy atom. The van der Waals surface area contributed by atoms with E-state index in [1.165, 1.54) is 55.8 Å². The van der Waals surface area contributed by atoms with Crippen LogP contribution in [-0.4, -0.2) is 74.2 Å². The van der Waals surface area contributed by atoms with Gasteiger partial charge in [-0.3, -0.25) is 4.79 Å². The predicted molar refractivity (Wildman–Crippen MR) is 112 cm³/mol. The molecule has 3 rings (SSSR count). The molecule has 0 fully saturated rings. The van der Waals surface area contributed by atoms with Crippen LogP contribution in [0.1, 0.15) is 0 Å². The van der Waals surface area contributed by atoms with Gasteiger partial charge in [0.15, 0.2) is 5.75 Å². The molecule has 13 heteroatoms. The molecule has 170 valence electrons. The fourth-order valence-corrected chi connectivity index (χ4v) is 3.82. The molecule has 0 saturated heterocycles. The van der Waals surface area contributed by atoms with Crippen LogP contribution in [0.25, 0.3) is 0 Å². The number of benzene rings is 1. The van der Waals surface area contributed by atoms with Gasteiger partial charge in [0.25, 0.3) is 15.9 Å². The Bertz CT molecular complexity index is 1130. The van der Waals surface area contributed by atoms with E-state index in [0.717, 1.165) is 0 Å². The summed E-state index contributed by atoms with van der Waals surface area (Å²) in [5, 5.41) is 12.0. The normalized spacial score (nSPS) is 13.8. The lowest BCUT2D eigenvalue weighted by molar-refractivity contribution is -0.136. The number of amides is 1. The highest BCUT2D eigenvalue weighted by molar-refractivity contribution is 7.92. The second kappa shape index (κ2) is 9.62. The summed E-state index contributed by atoms with van der Waals surface area (Å²) in [6.07, 6.45) is 2.65. The molecule has 1 amide bonds. The Morgan fingerprint density at radius 1 is 1.19 bits per heavy atom. The molecule has 2 aromatic rings. The lowest BCUT2D eigenvalue weighted by atomic mass is 10.2. The number of hydrogen-bond acceptors (Lipinski definition) is 10. The average Bonchev–Trinajstić information content (AvgIpc) is 3.09. The van der Waals surface area contributed by atoms with Crippen molar-refractivity contribution < 1.29 is 32.6 Å². The molecule has 1 aromatic carbocycles. The minimum atomic E-state index is -3.96. The van der Waals surface area contributed by atoms with Crippen molar-refractivity contribution in [3.8, 4) is 5.75 Å². The van der Waals surface area contributed by atoms with Gasteiger partial charge in [-0.1, -0.05) is 0 Å². The molecular formula is C19H21N5O7S. The van der Waals surface area contributed by atoms with E-state index in [-0.39, 0.29) is 41.8 Å². The van der Waals surface area contributed by atoms with Crippen LogP contribution in [-0.2, 0) is 24.3 Å². The first kappa shape index (κ1) is 23.0. The van der Waals surface area contributed by atoms with E-state index in [0.29, 0.717) is 11.4 Å². The molecule has 0 atom stereocenters. The molecule has 0 spiro atoms. The van der Waals surface area contributed by atoms with Crippen LogP contribution < -0.4 is 14.8 Å². The third kappa shape index (κ3) is 4.95. The number of esters is 1. The Morgan fingerprint density at radius 3 is 2.41 bits per heavy atom. The number of β-amino-alcohol motifs (C(OH)–C–C–N with tert-alkyl or cyclic N) is 1. The van der Waals surface area contributed by atoms with E-state index < -0.39 is 21.9 Å². The highest BCUT2D eigenvalue weighted by Gasteiger charge is 2.34. The van der Waals surface area contributed by atoms with Gasteiger partial charge in [-0.2, -0.15) is 0 Å². The second-order valence-corrected chi connectivity index (χ2v) is 8.18. The zero-order valence-electron chi connectivity index (χ0n) is 17.2. The average molecular weight is 463 g/mol. The molecule has 0 saturated carbocycles. The molecule has 1 aromatic heterocycles. The number of aliphatic hydroxyl groups is 1.